The number of rotatable bonds is 4. The number of alkyl halides is 6. The standard InChI is InChI=1S/C24H12F6N4O2/c25-23(26,27)19-17(13-5-9-31-10-6-13)33-21(35-19)15-1-2-16(4-3-15)22-34-18(14-7-11-32-12-8-14)20(36-22)24(28,29)30/h1-12H. The van der Waals surface area contributed by atoms with E-state index in [1.807, 2.05) is 0 Å². The molecule has 4 aromatic heterocycles. The minimum atomic E-state index is -4.81. The Bertz CT molecular complexity index is 1380. The Labute approximate surface area is 198 Å². The van der Waals surface area contributed by atoms with Crippen molar-refractivity contribution in [1.29, 1.82) is 0 Å². The van der Waals surface area contributed by atoms with Crippen LogP contribution >= 0.6 is 0 Å². The first-order chi connectivity index (χ1) is 17.1. The topological polar surface area (TPSA) is 77.8 Å². The summed E-state index contributed by atoms with van der Waals surface area (Å²) in [5, 5.41) is 0. The van der Waals surface area contributed by atoms with Crippen LogP contribution in [-0.4, -0.2) is 19.9 Å². The van der Waals surface area contributed by atoms with Crippen LogP contribution in [0.3, 0.4) is 0 Å². The number of nitrogens with zero attached hydrogens (tertiary/aromatic N) is 4. The zero-order valence-electron chi connectivity index (χ0n) is 17.8. The number of aromatic nitrogens is 4. The van der Waals surface area contributed by atoms with E-state index in [0.29, 0.717) is 0 Å². The number of benzene rings is 1. The number of hydrogen-bond donors (Lipinski definition) is 0. The van der Waals surface area contributed by atoms with Crippen molar-refractivity contribution in [2.75, 3.05) is 0 Å². The summed E-state index contributed by atoms with van der Waals surface area (Å²) >= 11 is 0. The third kappa shape index (κ3) is 4.44. The van der Waals surface area contributed by atoms with Crippen LogP contribution in [0.5, 0.6) is 0 Å². The molecule has 0 saturated carbocycles. The van der Waals surface area contributed by atoms with Gasteiger partial charge in [0.2, 0.25) is 23.3 Å². The van der Waals surface area contributed by atoms with Gasteiger partial charge in [-0.1, -0.05) is 0 Å². The molecule has 0 radical (unpaired) electrons. The number of hydrogen-bond acceptors (Lipinski definition) is 6. The zero-order chi connectivity index (χ0) is 25.5. The Morgan fingerprint density at radius 3 is 1.11 bits per heavy atom. The van der Waals surface area contributed by atoms with Crippen molar-refractivity contribution in [3.8, 4) is 45.4 Å². The van der Waals surface area contributed by atoms with Crippen molar-refractivity contribution in [3.05, 3.63) is 84.8 Å². The van der Waals surface area contributed by atoms with Gasteiger partial charge in [0.05, 0.1) is 0 Å². The minimum Gasteiger partial charge on any atom is -0.431 e. The minimum absolute atomic E-state index is 0.159. The molecule has 0 aliphatic rings. The third-order valence-electron chi connectivity index (χ3n) is 5.06. The average Bonchev–Trinajstić information content (AvgIpc) is 3.51. The second kappa shape index (κ2) is 8.63. The third-order valence-corrected chi connectivity index (χ3v) is 5.06. The van der Waals surface area contributed by atoms with E-state index in [1.165, 1.54) is 73.3 Å². The van der Waals surface area contributed by atoms with Gasteiger partial charge in [0.25, 0.3) is 0 Å². The van der Waals surface area contributed by atoms with Gasteiger partial charge >= 0.3 is 12.4 Å². The highest BCUT2D eigenvalue weighted by atomic mass is 19.4. The predicted octanol–water partition coefficient (Wildman–Crippen LogP) is 7.16. The maximum Gasteiger partial charge on any atom is 0.451 e. The van der Waals surface area contributed by atoms with Gasteiger partial charge in [0.15, 0.2) is 0 Å². The summed E-state index contributed by atoms with van der Waals surface area (Å²) in [5.41, 5.74) is -0.163. The summed E-state index contributed by atoms with van der Waals surface area (Å²) in [6.45, 7) is 0. The van der Waals surface area contributed by atoms with E-state index in [1.54, 1.807) is 0 Å². The predicted molar refractivity (Wildman–Crippen MR) is 114 cm³/mol. The van der Waals surface area contributed by atoms with Crippen LogP contribution in [0.15, 0.2) is 82.2 Å². The second-order valence-electron chi connectivity index (χ2n) is 7.44. The largest absolute Gasteiger partial charge is 0.451 e. The van der Waals surface area contributed by atoms with Crippen molar-refractivity contribution in [2.24, 2.45) is 0 Å². The van der Waals surface area contributed by atoms with E-state index >= 15 is 0 Å². The normalized spacial score (nSPS) is 12.2. The van der Waals surface area contributed by atoms with Crippen LogP contribution in [0, 0.1) is 0 Å². The fourth-order valence-corrected chi connectivity index (χ4v) is 3.44. The van der Waals surface area contributed by atoms with Gasteiger partial charge in [-0.2, -0.15) is 26.3 Å². The number of oxazole rings is 2. The van der Waals surface area contributed by atoms with E-state index in [4.69, 9.17) is 8.83 Å². The van der Waals surface area contributed by atoms with Gasteiger partial charge in [-0.15, -0.1) is 0 Å². The molecule has 0 bridgehead atoms. The smallest absolute Gasteiger partial charge is 0.431 e. The lowest BCUT2D eigenvalue weighted by atomic mass is 10.1. The summed E-state index contributed by atoms with van der Waals surface area (Å²) < 4.78 is 91.4. The number of pyridine rings is 2. The lowest BCUT2D eigenvalue weighted by Crippen LogP contribution is -2.05. The van der Waals surface area contributed by atoms with Crippen molar-refractivity contribution < 1.29 is 35.2 Å². The first-order valence-electron chi connectivity index (χ1n) is 10.2. The van der Waals surface area contributed by atoms with Crippen molar-refractivity contribution in [1.82, 2.24) is 19.9 Å². The van der Waals surface area contributed by atoms with Crippen molar-refractivity contribution in [2.45, 2.75) is 12.4 Å². The molecular formula is C24H12F6N4O2. The molecular weight excluding hydrogens is 490 g/mol. The molecule has 36 heavy (non-hydrogen) atoms. The Hall–Kier alpha value is -4.48. The lowest BCUT2D eigenvalue weighted by molar-refractivity contribution is -0.152. The Morgan fingerprint density at radius 1 is 0.472 bits per heavy atom. The molecule has 1 aromatic carbocycles. The van der Waals surface area contributed by atoms with E-state index < -0.39 is 35.3 Å². The van der Waals surface area contributed by atoms with Crippen LogP contribution < -0.4 is 0 Å². The molecule has 0 unspecified atom stereocenters. The average molecular weight is 502 g/mol. The highest BCUT2D eigenvalue weighted by Gasteiger charge is 2.41. The molecule has 0 spiro atoms. The van der Waals surface area contributed by atoms with Crippen LogP contribution in [0.4, 0.5) is 26.3 Å². The molecule has 5 aromatic rings. The summed E-state index contributed by atoms with van der Waals surface area (Å²) in [6.07, 6.45) is -4.32. The molecule has 0 atom stereocenters. The summed E-state index contributed by atoms with van der Waals surface area (Å²) in [5.74, 6) is -3.20. The highest BCUT2D eigenvalue weighted by Crippen LogP contribution is 2.41. The van der Waals surface area contributed by atoms with E-state index in [0.717, 1.165) is 0 Å². The van der Waals surface area contributed by atoms with Gasteiger partial charge in [-0.3, -0.25) is 9.97 Å². The molecule has 5 rings (SSSR count). The molecule has 0 amide bonds. The van der Waals surface area contributed by atoms with E-state index in [-0.39, 0.29) is 34.0 Å². The lowest BCUT2D eigenvalue weighted by Gasteiger charge is -2.04. The SMILES string of the molecule is FC(F)(F)c1oc(-c2ccc(-c3nc(-c4ccncc4)c(C(F)(F)F)o3)cc2)nc1-c1ccncc1. The van der Waals surface area contributed by atoms with Gasteiger partial charge in [0, 0.05) is 47.0 Å². The molecule has 0 fully saturated rings. The maximum absolute atomic E-state index is 13.6. The van der Waals surface area contributed by atoms with E-state index in [2.05, 4.69) is 19.9 Å². The maximum atomic E-state index is 13.6. The zero-order valence-corrected chi connectivity index (χ0v) is 17.8. The highest BCUT2D eigenvalue weighted by molar-refractivity contribution is 5.69. The van der Waals surface area contributed by atoms with Crippen molar-refractivity contribution in [3.63, 3.8) is 0 Å². The molecule has 4 heterocycles. The van der Waals surface area contributed by atoms with E-state index in [9.17, 15) is 26.3 Å². The Kier molecular flexibility index (Phi) is 5.58. The van der Waals surface area contributed by atoms with Crippen LogP contribution in [0.1, 0.15) is 11.5 Å². The molecule has 0 aliphatic carbocycles. The first-order valence-corrected chi connectivity index (χ1v) is 10.2. The quantitative estimate of drug-likeness (QED) is 0.243. The Morgan fingerprint density at radius 2 is 0.806 bits per heavy atom. The molecule has 6 nitrogen and oxygen atoms in total. The van der Waals surface area contributed by atoms with Crippen LogP contribution in [-0.2, 0) is 12.4 Å². The van der Waals surface area contributed by atoms with Crippen LogP contribution in [0.2, 0.25) is 0 Å². The van der Waals surface area contributed by atoms with Gasteiger partial charge < -0.3 is 8.83 Å². The molecule has 0 saturated heterocycles. The molecule has 0 N–H and O–H groups in total. The Balaban J connectivity index is 1.53. The van der Waals surface area contributed by atoms with Gasteiger partial charge in [-0.25, -0.2) is 9.97 Å². The fourth-order valence-electron chi connectivity index (χ4n) is 3.44. The molecule has 182 valence electrons. The monoisotopic (exact) mass is 502 g/mol. The van der Waals surface area contributed by atoms with Crippen molar-refractivity contribution >= 4 is 0 Å². The first kappa shape index (κ1) is 23.3. The summed E-state index contributed by atoms with van der Waals surface area (Å²) in [4.78, 5) is 15.6. The molecule has 12 heteroatoms. The van der Waals surface area contributed by atoms with Crippen LogP contribution in [0.25, 0.3) is 45.4 Å². The molecule has 0 aliphatic heterocycles. The number of halogens is 6. The fraction of sp³-hybridized carbons (Fsp3) is 0.0833. The summed E-state index contributed by atoms with van der Waals surface area (Å²) in [7, 11) is 0. The second-order valence-corrected chi connectivity index (χ2v) is 7.44. The summed E-state index contributed by atoms with van der Waals surface area (Å²) in [6, 6.07) is 10.8. The van der Waals surface area contributed by atoms with Gasteiger partial charge in [0.1, 0.15) is 11.4 Å². The van der Waals surface area contributed by atoms with Gasteiger partial charge in [-0.05, 0) is 48.5 Å².